The molecule has 1 aliphatic heterocycles. The number of methoxy groups -OCH3 is 1. The Morgan fingerprint density at radius 3 is 2.90 bits per heavy atom. The molecule has 104 valence electrons. The fraction of sp³-hybridized carbons (Fsp3) is 0.375. The minimum absolute atomic E-state index is 0.0673. The molecule has 4 heteroatoms. The van der Waals surface area contributed by atoms with Gasteiger partial charge in [0.05, 0.1) is 19.1 Å². The summed E-state index contributed by atoms with van der Waals surface area (Å²) in [4.78, 5) is 14.0. The van der Waals surface area contributed by atoms with E-state index in [2.05, 4.69) is 17.0 Å². The van der Waals surface area contributed by atoms with Crippen LogP contribution in [-0.4, -0.2) is 30.6 Å². The monoisotopic (exact) mass is 270 g/mol. The van der Waals surface area contributed by atoms with Gasteiger partial charge in [-0.25, -0.2) is 0 Å². The number of rotatable bonds is 4. The lowest BCUT2D eigenvalue weighted by molar-refractivity contribution is -0.145. The Labute approximate surface area is 119 Å². The van der Waals surface area contributed by atoms with Gasteiger partial charge in [0.2, 0.25) is 0 Å². The number of likely N-dealkylation sites (tertiary alicyclic amines) is 1. The van der Waals surface area contributed by atoms with E-state index in [1.807, 2.05) is 24.3 Å². The topological polar surface area (TPSA) is 53.3 Å². The van der Waals surface area contributed by atoms with Crippen LogP contribution in [0.2, 0.25) is 0 Å². The summed E-state index contributed by atoms with van der Waals surface area (Å²) in [6.07, 6.45) is 4.02. The summed E-state index contributed by atoms with van der Waals surface area (Å²) in [5, 5.41) is 8.71. The predicted molar refractivity (Wildman–Crippen MR) is 75.5 cm³/mol. The van der Waals surface area contributed by atoms with Crippen LogP contribution >= 0.6 is 0 Å². The van der Waals surface area contributed by atoms with Crippen LogP contribution in [0.25, 0.3) is 0 Å². The maximum absolute atomic E-state index is 11.8. The van der Waals surface area contributed by atoms with E-state index in [0.717, 1.165) is 19.5 Å². The van der Waals surface area contributed by atoms with Crippen molar-refractivity contribution in [3.8, 4) is 6.07 Å². The summed E-state index contributed by atoms with van der Waals surface area (Å²) in [5.41, 5.74) is 1.20. The van der Waals surface area contributed by atoms with Gasteiger partial charge < -0.3 is 4.74 Å². The first-order chi connectivity index (χ1) is 9.76. The number of carbonyl (C=O) groups excluding carboxylic acids is 1. The standard InChI is InChI=1S/C16H18N2O2/c1-20-16(19)14-9-11-18(15(14)8-5-10-17)12-13-6-3-2-4-7-13/h2-8,14-15H,9,11-12H2,1H3/b8-5+/t14-,15-/m0/s1. The number of nitrogens with zero attached hydrogens (tertiary/aromatic N) is 2. The van der Waals surface area contributed by atoms with Gasteiger partial charge in [0.15, 0.2) is 0 Å². The van der Waals surface area contributed by atoms with Crippen molar-refractivity contribution in [1.29, 1.82) is 5.26 Å². The number of allylic oxidation sites excluding steroid dienone is 1. The highest BCUT2D eigenvalue weighted by Crippen LogP contribution is 2.28. The van der Waals surface area contributed by atoms with Crippen molar-refractivity contribution in [2.24, 2.45) is 5.92 Å². The Hall–Kier alpha value is -2.12. The Bertz CT molecular complexity index is 519. The van der Waals surface area contributed by atoms with E-state index < -0.39 is 0 Å². The molecule has 4 nitrogen and oxygen atoms in total. The molecule has 0 spiro atoms. The number of esters is 1. The van der Waals surface area contributed by atoms with E-state index in [-0.39, 0.29) is 17.9 Å². The first kappa shape index (κ1) is 14.3. The molecular weight excluding hydrogens is 252 g/mol. The fourth-order valence-corrected chi connectivity index (χ4v) is 2.69. The smallest absolute Gasteiger partial charge is 0.310 e. The average molecular weight is 270 g/mol. The molecule has 0 aliphatic carbocycles. The molecule has 2 rings (SSSR count). The Balaban J connectivity index is 2.14. The largest absolute Gasteiger partial charge is 0.469 e. The van der Waals surface area contributed by atoms with E-state index in [0.29, 0.717) is 0 Å². The number of hydrogen-bond donors (Lipinski definition) is 0. The summed E-state index contributed by atoms with van der Waals surface area (Å²) in [6, 6.07) is 12.1. The molecule has 1 aliphatic rings. The molecule has 1 saturated heterocycles. The number of ether oxygens (including phenoxy) is 1. The third-order valence-corrected chi connectivity index (χ3v) is 3.66. The maximum Gasteiger partial charge on any atom is 0.310 e. The molecule has 0 radical (unpaired) electrons. The summed E-state index contributed by atoms with van der Waals surface area (Å²) in [5.74, 6) is -0.388. The maximum atomic E-state index is 11.8. The molecule has 1 fully saturated rings. The van der Waals surface area contributed by atoms with Crippen molar-refractivity contribution in [2.75, 3.05) is 13.7 Å². The minimum atomic E-state index is -0.201. The molecule has 1 aromatic carbocycles. The molecule has 1 heterocycles. The van der Waals surface area contributed by atoms with Crippen LogP contribution in [-0.2, 0) is 16.1 Å². The van der Waals surface area contributed by atoms with E-state index in [1.54, 1.807) is 6.08 Å². The second-order valence-electron chi connectivity index (χ2n) is 4.85. The number of hydrogen-bond acceptors (Lipinski definition) is 4. The molecule has 0 saturated carbocycles. The zero-order valence-corrected chi connectivity index (χ0v) is 11.5. The van der Waals surface area contributed by atoms with Gasteiger partial charge in [-0.2, -0.15) is 5.26 Å². The first-order valence-electron chi connectivity index (χ1n) is 6.68. The Morgan fingerprint density at radius 1 is 1.50 bits per heavy atom. The highest BCUT2D eigenvalue weighted by atomic mass is 16.5. The summed E-state index contributed by atoms with van der Waals surface area (Å²) in [7, 11) is 1.41. The van der Waals surface area contributed by atoms with Crippen LogP contribution in [0.15, 0.2) is 42.5 Å². The molecule has 2 atom stereocenters. The lowest BCUT2D eigenvalue weighted by Gasteiger charge is -2.24. The second kappa shape index (κ2) is 6.88. The number of nitriles is 1. The second-order valence-corrected chi connectivity index (χ2v) is 4.85. The Morgan fingerprint density at radius 2 is 2.25 bits per heavy atom. The zero-order chi connectivity index (χ0) is 14.4. The van der Waals surface area contributed by atoms with E-state index >= 15 is 0 Å². The van der Waals surface area contributed by atoms with Gasteiger partial charge in [-0.3, -0.25) is 9.69 Å². The van der Waals surface area contributed by atoms with Gasteiger partial charge in [-0.05, 0) is 12.0 Å². The van der Waals surface area contributed by atoms with Gasteiger partial charge >= 0.3 is 5.97 Å². The van der Waals surface area contributed by atoms with Crippen molar-refractivity contribution < 1.29 is 9.53 Å². The summed E-state index contributed by atoms with van der Waals surface area (Å²) < 4.78 is 4.86. The first-order valence-corrected chi connectivity index (χ1v) is 6.68. The third kappa shape index (κ3) is 3.25. The van der Waals surface area contributed by atoms with Crippen molar-refractivity contribution in [2.45, 2.75) is 19.0 Å². The highest BCUT2D eigenvalue weighted by molar-refractivity contribution is 5.74. The van der Waals surface area contributed by atoms with Gasteiger partial charge in [0, 0.05) is 25.2 Å². The lowest BCUT2D eigenvalue weighted by Crippen LogP contribution is -2.34. The van der Waals surface area contributed by atoms with Gasteiger partial charge in [0.1, 0.15) is 0 Å². The zero-order valence-electron chi connectivity index (χ0n) is 11.5. The summed E-state index contributed by atoms with van der Waals surface area (Å²) >= 11 is 0. The van der Waals surface area contributed by atoms with Crippen molar-refractivity contribution >= 4 is 5.97 Å². The molecule has 1 aromatic rings. The van der Waals surface area contributed by atoms with Crippen LogP contribution in [0.5, 0.6) is 0 Å². The van der Waals surface area contributed by atoms with Gasteiger partial charge in [0.25, 0.3) is 0 Å². The van der Waals surface area contributed by atoms with Crippen LogP contribution < -0.4 is 0 Å². The number of carbonyl (C=O) groups is 1. The van der Waals surface area contributed by atoms with Crippen molar-refractivity contribution in [1.82, 2.24) is 4.90 Å². The molecule has 20 heavy (non-hydrogen) atoms. The van der Waals surface area contributed by atoms with Crippen molar-refractivity contribution in [3.63, 3.8) is 0 Å². The normalized spacial score (nSPS) is 22.8. The third-order valence-electron chi connectivity index (χ3n) is 3.66. The Kier molecular flexibility index (Phi) is 4.91. The van der Waals surface area contributed by atoms with Crippen LogP contribution in [0, 0.1) is 17.2 Å². The lowest BCUT2D eigenvalue weighted by atomic mass is 10.00. The van der Waals surface area contributed by atoms with E-state index in [4.69, 9.17) is 10.00 Å². The van der Waals surface area contributed by atoms with Crippen molar-refractivity contribution in [3.05, 3.63) is 48.0 Å². The molecular formula is C16H18N2O2. The van der Waals surface area contributed by atoms with E-state index in [9.17, 15) is 4.79 Å². The fourth-order valence-electron chi connectivity index (χ4n) is 2.69. The SMILES string of the molecule is COC(=O)[C@H]1CCN(Cc2ccccc2)[C@H]1/C=C/C#N. The van der Waals surface area contributed by atoms with E-state index in [1.165, 1.54) is 18.7 Å². The van der Waals surface area contributed by atoms with Crippen LogP contribution in [0.4, 0.5) is 0 Å². The predicted octanol–water partition coefficient (Wildman–Crippen LogP) is 2.13. The van der Waals surface area contributed by atoms with Crippen LogP contribution in [0.3, 0.4) is 0 Å². The number of benzene rings is 1. The molecule has 0 unspecified atom stereocenters. The van der Waals surface area contributed by atoms with Gasteiger partial charge in [-0.15, -0.1) is 0 Å². The van der Waals surface area contributed by atoms with Crippen LogP contribution in [0.1, 0.15) is 12.0 Å². The van der Waals surface area contributed by atoms with Gasteiger partial charge in [-0.1, -0.05) is 36.4 Å². The molecule has 0 amide bonds. The molecule has 0 bridgehead atoms. The highest BCUT2D eigenvalue weighted by Gasteiger charge is 2.37. The molecule has 0 aromatic heterocycles. The average Bonchev–Trinajstić information content (AvgIpc) is 2.88. The minimum Gasteiger partial charge on any atom is -0.469 e. The quantitative estimate of drug-likeness (QED) is 0.621. The molecule has 0 N–H and O–H groups in total. The summed E-state index contributed by atoms with van der Waals surface area (Å²) in [6.45, 7) is 1.60.